The number of fused-ring (bicyclic) bond motifs is 1. The van der Waals surface area contributed by atoms with Crippen LogP contribution in [0.5, 0.6) is 5.75 Å². The first-order valence-corrected chi connectivity index (χ1v) is 25.7. The van der Waals surface area contributed by atoms with E-state index in [4.69, 9.17) is 9.26 Å². The number of halogens is 3. The second kappa shape index (κ2) is 21.0. The Labute approximate surface area is 416 Å². The van der Waals surface area contributed by atoms with Crippen LogP contribution in [0.4, 0.5) is 18.9 Å². The number of aryl methyl sites for hydroxylation is 2. The number of amides is 2. The smallest absolute Gasteiger partial charge is 0.301 e. The van der Waals surface area contributed by atoms with Gasteiger partial charge in [-0.25, -0.2) is 23.1 Å². The van der Waals surface area contributed by atoms with Crippen molar-refractivity contribution in [2.75, 3.05) is 31.0 Å². The lowest BCUT2D eigenvalue weighted by Gasteiger charge is -2.28. The molecule has 376 valence electrons. The summed E-state index contributed by atoms with van der Waals surface area (Å²) in [5.74, 6) is -4.22. The van der Waals surface area contributed by atoms with E-state index >= 15 is 8.78 Å². The second-order valence-electron chi connectivity index (χ2n) is 18.1. The molecule has 4 aromatic heterocycles. The average molecular weight is 1030 g/mol. The number of pyridine rings is 1. The van der Waals surface area contributed by atoms with Crippen molar-refractivity contribution in [1.29, 1.82) is 0 Å². The van der Waals surface area contributed by atoms with E-state index in [2.05, 4.69) is 25.4 Å². The molecule has 2 aliphatic rings. The van der Waals surface area contributed by atoms with Crippen molar-refractivity contribution in [3.05, 3.63) is 136 Å². The zero-order valence-electron chi connectivity index (χ0n) is 39.4. The molecule has 4 N–H and O–H groups in total. The van der Waals surface area contributed by atoms with Crippen LogP contribution in [0.15, 0.2) is 95.2 Å². The Morgan fingerprint density at radius 1 is 0.986 bits per heavy atom. The summed E-state index contributed by atoms with van der Waals surface area (Å²) in [6, 6.07) is 18.7. The molecule has 7 aromatic rings. The van der Waals surface area contributed by atoms with Gasteiger partial charge in [-0.05, 0) is 93.5 Å². The molecule has 2 amide bonds. The fourth-order valence-corrected chi connectivity index (χ4v) is 11.2. The Balaban J connectivity index is 0.810. The van der Waals surface area contributed by atoms with Crippen LogP contribution in [0, 0.1) is 25.5 Å². The number of aromatic nitrogens is 4. The molecular formula is C51H51F3N8O8S2. The molecule has 0 saturated carbocycles. The number of β-amino-alcohol motifs (C(OH)–C–C–N with tert-alkyl or cyclic N) is 1. The number of likely N-dealkylation sites (tertiary alicyclic amines) is 1. The van der Waals surface area contributed by atoms with Gasteiger partial charge in [-0.1, -0.05) is 41.6 Å². The van der Waals surface area contributed by atoms with Crippen LogP contribution in [0.1, 0.15) is 89.6 Å². The zero-order valence-corrected chi connectivity index (χ0v) is 41.0. The van der Waals surface area contributed by atoms with Crippen molar-refractivity contribution in [1.82, 2.24) is 34.6 Å². The second-order valence-corrected chi connectivity index (χ2v) is 20.6. The van der Waals surface area contributed by atoms with E-state index < -0.39 is 69.7 Å². The zero-order chi connectivity index (χ0) is 50.8. The number of H-pyrrole nitrogens is 1. The molecule has 0 bridgehead atoms. The lowest BCUT2D eigenvalue weighted by Crippen LogP contribution is -2.48. The first kappa shape index (κ1) is 50.0. The van der Waals surface area contributed by atoms with Gasteiger partial charge in [0.25, 0.3) is 0 Å². The molecule has 2 fully saturated rings. The third-order valence-corrected chi connectivity index (χ3v) is 15.5. The molecule has 9 rings (SSSR count). The Morgan fingerprint density at radius 3 is 2.44 bits per heavy atom. The minimum absolute atomic E-state index is 0.00208. The van der Waals surface area contributed by atoms with Crippen molar-refractivity contribution in [3.63, 3.8) is 0 Å². The molecule has 2 aliphatic heterocycles. The number of hydrogen-bond acceptors (Lipinski definition) is 12. The lowest BCUT2D eigenvalue weighted by molar-refractivity contribution is -0.140. The standard InChI is InChI=1S/C51H51F3N8O8S2/c1-28-20-44(70-59-28)38(51(66)62-26-36(63)22-43(62)50(65)58-29(2)31-7-9-33(10-8-31)48-30(3)57-27-71-48)6-4-5-19-69-37-13-11-32(12-14-37)34-21-39-40(24-56-49(39)55-23-34)47(64)45-41(53)15-16-42(46(45)54)60-72(67,68)61-18-17-35(52)25-61/h7-16,20-21,23-24,27,29,35-36,38,43,60,63H,4-6,17-19,22,25-26H2,1-3H3,(H,55,56)(H,58,65)/t29-,35+,36+,38+,43-/m0/s1. The normalized spacial score (nSPS) is 18.1. The summed E-state index contributed by atoms with van der Waals surface area (Å²) >= 11 is 1.56. The van der Waals surface area contributed by atoms with Gasteiger partial charge in [0, 0.05) is 61.0 Å². The quantitative estimate of drug-likeness (QED) is 0.0474. The number of benzene rings is 3. The fourth-order valence-electron chi connectivity index (χ4n) is 9.15. The number of thiazole rings is 1. The van der Waals surface area contributed by atoms with Crippen LogP contribution in [0.2, 0.25) is 0 Å². The molecule has 16 nitrogen and oxygen atoms in total. The SMILES string of the molecule is Cc1cc([C@@H](CCCCOc2ccc(-c3cnc4[nH]cc(C(=O)c5c(F)ccc(NS(=O)(=O)N6CC[C@@H](F)C6)c5F)c4c3)cc2)C(=O)N2C[C@H](O)C[C@H]2C(=O)N[C@@H](C)c2ccc(-c3scnc3C)cc2)on1. The van der Waals surface area contributed by atoms with Crippen LogP contribution >= 0.6 is 11.3 Å². The molecule has 2 saturated heterocycles. The topological polar surface area (TPSA) is 213 Å². The number of hydrogen-bond donors (Lipinski definition) is 4. The van der Waals surface area contributed by atoms with Crippen LogP contribution in [0.25, 0.3) is 32.6 Å². The number of unbranched alkanes of at least 4 members (excludes halogenated alkanes) is 1. The highest BCUT2D eigenvalue weighted by molar-refractivity contribution is 7.90. The minimum Gasteiger partial charge on any atom is -0.494 e. The molecule has 72 heavy (non-hydrogen) atoms. The van der Waals surface area contributed by atoms with Crippen LogP contribution in [0.3, 0.4) is 0 Å². The van der Waals surface area contributed by atoms with Gasteiger partial charge < -0.3 is 29.6 Å². The number of anilines is 1. The van der Waals surface area contributed by atoms with E-state index in [1.807, 2.05) is 42.8 Å². The van der Waals surface area contributed by atoms with Crippen LogP contribution < -0.4 is 14.8 Å². The molecule has 0 radical (unpaired) electrons. The van der Waals surface area contributed by atoms with Crippen molar-refractivity contribution >= 4 is 55.9 Å². The van der Waals surface area contributed by atoms with Crippen LogP contribution in [-0.4, -0.2) is 105 Å². The molecule has 0 unspecified atom stereocenters. The number of ketones is 1. The minimum atomic E-state index is -4.39. The van der Waals surface area contributed by atoms with Gasteiger partial charge in [0.15, 0.2) is 5.82 Å². The van der Waals surface area contributed by atoms with E-state index in [0.29, 0.717) is 54.2 Å². The number of ether oxygens (including phenoxy) is 1. The van der Waals surface area contributed by atoms with Crippen LogP contribution in [-0.2, 0) is 19.8 Å². The predicted molar refractivity (Wildman–Crippen MR) is 263 cm³/mol. The largest absolute Gasteiger partial charge is 0.494 e. The Bertz CT molecular complexity index is 3240. The first-order chi connectivity index (χ1) is 34.5. The monoisotopic (exact) mass is 1020 g/mol. The van der Waals surface area contributed by atoms with E-state index in [1.165, 1.54) is 11.1 Å². The number of nitrogens with zero attached hydrogens (tertiary/aromatic N) is 5. The molecule has 6 heterocycles. The predicted octanol–water partition coefficient (Wildman–Crippen LogP) is 8.34. The molecule has 0 aliphatic carbocycles. The number of aliphatic hydroxyl groups is 1. The van der Waals surface area contributed by atoms with E-state index in [-0.39, 0.29) is 60.4 Å². The Morgan fingerprint density at radius 2 is 1.75 bits per heavy atom. The lowest BCUT2D eigenvalue weighted by atomic mass is 9.96. The summed E-state index contributed by atoms with van der Waals surface area (Å²) in [7, 11) is -4.39. The van der Waals surface area contributed by atoms with Crippen molar-refractivity contribution in [3.8, 4) is 27.3 Å². The number of aromatic amines is 1. The number of carbonyl (C=O) groups is 3. The highest BCUT2D eigenvalue weighted by atomic mass is 32.2. The number of nitrogens with one attached hydrogen (secondary N) is 3. The molecule has 0 spiro atoms. The maximum atomic E-state index is 15.8. The third-order valence-electron chi connectivity index (χ3n) is 13.0. The summed E-state index contributed by atoms with van der Waals surface area (Å²) < 4.78 is 84.8. The summed E-state index contributed by atoms with van der Waals surface area (Å²) in [4.78, 5) is 55.9. The number of aliphatic hydroxyl groups excluding tert-OH is 1. The van der Waals surface area contributed by atoms with E-state index in [1.54, 1.807) is 66.4 Å². The summed E-state index contributed by atoms with van der Waals surface area (Å²) in [5, 5.41) is 18.1. The van der Waals surface area contributed by atoms with Crippen molar-refractivity contribution in [2.24, 2.45) is 0 Å². The maximum absolute atomic E-state index is 15.8. The Hall–Kier alpha value is -6.94. The highest BCUT2D eigenvalue weighted by Crippen LogP contribution is 2.34. The summed E-state index contributed by atoms with van der Waals surface area (Å²) in [5.41, 5.74) is 5.08. The summed E-state index contributed by atoms with van der Waals surface area (Å²) in [6.07, 6.45) is 2.13. The number of alkyl halides is 1. The van der Waals surface area contributed by atoms with Crippen molar-refractivity contribution < 1.29 is 50.3 Å². The van der Waals surface area contributed by atoms with Gasteiger partial charge in [-0.15, -0.1) is 11.3 Å². The highest BCUT2D eigenvalue weighted by Gasteiger charge is 2.43. The molecule has 21 heteroatoms. The molecule has 5 atom stereocenters. The number of rotatable bonds is 18. The third kappa shape index (κ3) is 10.6. The van der Waals surface area contributed by atoms with E-state index in [9.17, 15) is 32.3 Å². The summed E-state index contributed by atoms with van der Waals surface area (Å²) in [6.45, 7) is 5.37. The first-order valence-electron chi connectivity index (χ1n) is 23.4. The van der Waals surface area contributed by atoms with Gasteiger partial charge in [0.1, 0.15) is 35.2 Å². The van der Waals surface area contributed by atoms with Gasteiger partial charge in [-0.3, -0.25) is 19.1 Å². The molecular weight excluding hydrogens is 974 g/mol. The molecule has 3 aromatic carbocycles. The average Bonchev–Trinajstić information content (AvgIpc) is 4.23. The van der Waals surface area contributed by atoms with Gasteiger partial charge in [0.2, 0.25) is 17.6 Å². The van der Waals surface area contributed by atoms with Crippen molar-refractivity contribution in [2.45, 2.75) is 83.2 Å². The Kier molecular flexibility index (Phi) is 14.6. The van der Waals surface area contributed by atoms with E-state index in [0.717, 1.165) is 38.1 Å². The van der Waals surface area contributed by atoms with Gasteiger partial charge in [0.05, 0.1) is 57.7 Å². The maximum Gasteiger partial charge on any atom is 0.301 e. The fraction of sp³-hybridized carbons (Fsp3) is 0.333. The number of carbonyl (C=O) groups excluding carboxylic acids is 3. The van der Waals surface area contributed by atoms with Gasteiger partial charge in [-0.2, -0.15) is 12.7 Å². The van der Waals surface area contributed by atoms with Gasteiger partial charge >= 0.3 is 10.2 Å².